The van der Waals surface area contributed by atoms with Gasteiger partial charge in [-0.3, -0.25) is 19.3 Å². The van der Waals surface area contributed by atoms with Crippen LogP contribution in [0.4, 0.5) is 24.0 Å². The Morgan fingerprint density at radius 3 is 1.27 bits per heavy atom. The van der Waals surface area contributed by atoms with Crippen LogP contribution in [0.3, 0.4) is 0 Å². The average Bonchev–Trinajstić information content (AvgIpc) is 1.69. The molecule has 37 heteroatoms. The van der Waals surface area contributed by atoms with Crippen molar-refractivity contribution in [1.29, 1.82) is 0 Å². The molecule has 135 heavy (non-hydrogen) atoms. The van der Waals surface area contributed by atoms with Crippen LogP contribution in [0, 0.1) is 23.7 Å². The summed E-state index contributed by atoms with van der Waals surface area (Å²) in [7, 11) is 11.2. The Kier molecular flexibility index (Phi) is 31.1. The molecule has 14 atom stereocenters. The standard InChI is InChI=1S/C46H56N8O9.C44H53N7O7.C7H13NO5.CH4/c1-23(2)38(51-45(57)61-7)44(56)54-24(3)9-14-35(54)42-48-33-13-11-27-17-32-30-12-10-28(16-29(30)22-63-37(32)18-31(27)40(33)50-42)34-19-47-41(49-34)36-15-26(21-59-5)20-53(36)43(55)39(25(4)60-6)52-46(58)62-8;1-23(2)37(49-42(53)56-8)41(52)51-24(3)9-14-34(51)40-46-32-13-11-26-17-31-29-12-10-27(16-28(29)22-57-36(31)18-30(26)38(32)48-40)33-19-45-39(47-33)35-15-25(21-55-7)20-50(35)43(54)58-44(4,5)6;1-4(12-2)5(6(9)10)8-7(11)13-3;/h10-13,16-19,23-26,35-36,38-39H,9,14-15,20-22H2,1-8H3,(H,47,49)(H,48,50)(H,51,57)(H,52,58);10-13,16-19,23-25,34-35,37H,9,14-15,20-22H2,1-8H3,(H,45,47)(H,46,48)(H,49,53);4-5H,1-3H3,(H,8,11)(H,9,10);1H4/t24-,25?,26-,35-,36?,38-,39-;24-,25-,34-,35?,37-;4-,5+;/m001./s1. The average molecular weight is 1860 g/mol. The van der Waals surface area contributed by atoms with E-state index in [9.17, 15) is 43.2 Å². The normalized spacial score (nSPS) is 20.1. The fourth-order valence-electron chi connectivity index (χ4n) is 19.0. The fourth-order valence-corrected chi connectivity index (χ4v) is 19.0. The second kappa shape index (κ2) is 42.2. The van der Waals surface area contributed by atoms with Crippen LogP contribution in [-0.4, -0.2) is 256 Å². The first-order chi connectivity index (χ1) is 64.1. The molecular weight excluding hydrogens is 1740 g/mol. The summed E-state index contributed by atoms with van der Waals surface area (Å²) in [6.45, 7) is 23.3. The number of alkyl carbamates (subject to hydrolysis) is 4. The molecule has 0 radical (unpaired) electrons. The number of aromatic nitrogens is 8. The highest BCUT2D eigenvalue weighted by Gasteiger charge is 2.47. The number of aliphatic carboxylic acids is 1. The van der Waals surface area contributed by atoms with Gasteiger partial charge in [0, 0.05) is 87.3 Å². The Morgan fingerprint density at radius 1 is 0.474 bits per heavy atom. The third-order valence-electron chi connectivity index (χ3n) is 26.1. The van der Waals surface area contributed by atoms with Crippen molar-refractivity contribution < 1.29 is 100 Å². The summed E-state index contributed by atoms with van der Waals surface area (Å²) < 4.78 is 58.5. The van der Waals surface area contributed by atoms with E-state index >= 15 is 0 Å². The lowest BCUT2D eigenvalue weighted by Crippen LogP contribution is -2.54. The van der Waals surface area contributed by atoms with Crippen molar-refractivity contribution in [3.8, 4) is 56.3 Å². The Labute approximate surface area is 783 Å². The van der Waals surface area contributed by atoms with Crippen LogP contribution in [0.2, 0.25) is 0 Å². The van der Waals surface area contributed by atoms with Crippen LogP contribution in [0.5, 0.6) is 11.5 Å². The number of fused-ring (bicyclic) bond motifs is 12. The summed E-state index contributed by atoms with van der Waals surface area (Å²) in [4.78, 5) is 154. The molecule has 16 rings (SSSR count). The zero-order valence-corrected chi connectivity index (χ0v) is 79.2. The molecule has 0 saturated carbocycles. The summed E-state index contributed by atoms with van der Waals surface area (Å²) in [5.41, 5.74) is 12.5. The number of rotatable bonds is 24. The van der Waals surface area contributed by atoms with E-state index in [0.717, 1.165) is 162 Å². The maximum atomic E-state index is 14.0. The quantitative estimate of drug-likeness (QED) is 0.0254. The highest BCUT2D eigenvalue weighted by Crippen LogP contribution is 2.48. The van der Waals surface area contributed by atoms with E-state index in [1.807, 2.05) is 90.4 Å². The Morgan fingerprint density at radius 2 is 0.874 bits per heavy atom. The summed E-state index contributed by atoms with van der Waals surface area (Å²) in [6, 6.07) is 24.5. The van der Waals surface area contributed by atoms with Crippen molar-refractivity contribution in [2.75, 3.05) is 83.2 Å². The molecule has 0 bridgehead atoms. The van der Waals surface area contributed by atoms with E-state index in [1.165, 1.54) is 42.5 Å². The topological polar surface area (TPSA) is 451 Å². The van der Waals surface area contributed by atoms with Crippen LogP contribution in [0.25, 0.3) is 88.4 Å². The molecule has 8 amide bonds. The number of benzene rings is 6. The van der Waals surface area contributed by atoms with Crippen molar-refractivity contribution in [2.24, 2.45) is 23.7 Å². The van der Waals surface area contributed by atoms with Gasteiger partial charge in [0.05, 0.1) is 124 Å². The number of H-pyrrole nitrogens is 4. The van der Waals surface area contributed by atoms with E-state index in [2.05, 4.69) is 119 Å². The van der Waals surface area contributed by atoms with Gasteiger partial charge in [0.25, 0.3) is 0 Å². The lowest BCUT2D eigenvalue weighted by molar-refractivity contribution is -0.143. The molecule has 9 N–H and O–H groups in total. The SMILES string of the molecule is C.COC(=O)N[C@H](C(=O)O)[C@@H](C)OC.COC[C@H]1CC(c2ncc(-c3ccc4c(c3)COc3cc5c(ccc6[nH]c([C@@H]7CC[C@H](C)N7C(=O)[C@@H](NC(=O)OC)C(C)C)nc65)cc3-4)[nH]2)N(C(=O)OC(C)(C)C)C1.COC[C@H]1CC(c2ncc(-c3ccc4c(c3)COc3cc5c(ccc6[nH]c([C@@H]7CC[C@H](C)N7C(=O)[C@@H](NC(=O)OC)C(C)C)nc65)cc3-4)[nH]2)N(C(=O)[C@@H](NC(=O)OC)C(C)OC)C1. The summed E-state index contributed by atoms with van der Waals surface area (Å²) in [5.74, 6) is 2.52. The minimum absolute atomic E-state index is 0. The highest BCUT2D eigenvalue weighted by atomic mass is 16.6. The van der Waals surface area contributed by atoms with Crippen molar-refractivity contribution in [3.63, 3.8) is 0 Å². The van der Waals surface area contributed by atoms with E-state index in [-0.39, 0.29) is 91.2 Å². The third kappa shape index (κ3) is 21.2. The fraction of sp³-hybridized carbons (Fsp3) is 0.500. The molecule has 10 aromatic rings. The number of hydrogen-bond donors (Lipinski definition) is 9. The number of carbonyl (C=O) groups excluding carboxylic acids is 8. The molecule has 3 unspecified atom stereocenters. The number of carbonyl (C=O) groups is 9. The number of carboxylic acid groups (broad SMARTS) is 1. The van der Waals surface area contributed by atoms with Crippen LogP contribution in [0.15, 0.2) is 97.3 Å². The lowest BCUT2D eigenvalue weighted by atomic mass is 9.92. The van der Waals surface area contributed by atoms with Crippen LogP contribution < -0.4 is 30.7 Å². The van der Waals surface area contributed by atoms with Crippen LogP contribution >= 0.6 is 0 Å². The minimum atomic E-state index is -1.17. The van der Waals surface area contributed by atoms with Gasteiger partial charge < -0.3 is 113 Å². The number of imidazole rings is 4. The molecule has 6 aliphatic rings. The summed E-state index contributed by atoms with van der Waals surface area (Å²) >= 11 is 0. The van der Waals surface area contributed by atoms with E-state index < -0.39 is 72.3 Å². The molecule has 4 fully saturated rings. The van der Waals surface area contributed by atoms with Gasteiger partial charge in [-0.1, -0.05) is 71.5 Å². The Balaban J connectivity index is 0.000000201. The largest absolute Gasteiger partial charge is 0.488 e. The maximum Gasteiger partial charge on any atom is 0.410 e. The summed E-state index contributed by atoms with van der Waals surface area (Å²) in [6.07, 6.45) is 3.73. The van der Waals surface area contributed by atoms with Crippen molar-refractivity contribution in [3.05, 3.63) is 132 Å². The summed E-state index contributed by atoms with van der Waals surface area (Å²) in [5, 5.41) is 22.8. The maximum absolute atomic E-state index is 14.0. The second-order valence-corrected chi connectivity index (χ2v) is 36.8. The van der Waals surface area contributed by atoms with Gasteiger partial charge in [0.2, 0.25) is 17.7 Å². The molecule has 6 aromatic carbocycles. The predicted molar refractivity (Wildman–Crippen MR) is 503 cm³/mol. The van der Waals surface area contributed by atoms with E-state index in [1.54, 1.807) is 37.1 Å². The number of ether oxygens (including phenoxy) is 11. The van der Waals surface area contributed by atoms with Crippen LogP contribution in [-0.2, 0) is 75.0 Å². The molecule has 37 nitrogen and oxygen atoms in total. The van der Waals surface area contributed by atoms with Gasteiger partial charge in [-0.15, -0.1) is 0 Å². The minimum Gasteiger partial charge on any atom is -0.488 e. The molecule has 4 aromatic heterocycles. The first-order valence-corrected chi connectivity index (χ1v) is 45.2. The highest BCUT2D eigenvalue weighted by molar-refractivity contribution is 6.08. The van der Waals surface area contributed by atoms with Gasteiger partial charge in [0.15, 0.2) is 6.04 Å². The molecule has 4 saturated heterocycles. The molecule has 6 aliphatic heterocycles. The smallest absolute Gasteiger partial charge is 0.410 e. The predicted octanol–water partition coefficient (Wildman–Crippen LogP) is 14.9. The third-order valence-corrected chi connectivity index (χ3v) is 26.1. The Hall–Kier alpha value is -13.1. The second-order valence-electron chi connectivity index (χ2n) is 36.8. The lowest BCUT2D eigenvalue weighted by Gasteiger charge is -2.32. The van der Waals surface area contributed by atoms with Gasteiger partial charge in [-0.25, -0.2) is 48.7 Å². The van der Waals surface area contributed by atoms with Gasteiger partial charge >= 0.3 is 36.4 Å². The number of likely N-dealkylation sites (tertiary alicyclic amines) is 4. The van der Waals surface area contributed by atoms with Crippen molar-refractivity contribution in [1.82, 2.24) is 80.7 Å². The number of aromatic amines is 4. The van der Waals surface area contributed by atoms with Gasteiger partial charge in [-0.05, 0) is 192 Å². The monoisotopic (exact) mass is 1860 g/mol. The first kappa shape index (κ1) is 99.3. The number of methoxy groups -OCH3 is 8. The van der Waals surface area contributed by atoms with Crippen molar-refractivity contribution >= 4 is 97.8 Å². The van der Waals surface area contributed by atoms with Crippen LogP contribution in [0.1, 0.15) is 181 Å². The van der Waals surface area contributed by atoms with Gasteiger partial charge in [0.1, 0.15) is 71.7 Å². The van der Waals surface area contributed by atoms with E-state index in [0.29, 0.717) is 57.6 Å². The molecule has 0 spiro atoms. The number of nitrogens with zero attached hydrogens (tertiary/aromatic N) is 8. The van der Waals surface area contributed by atoms with Crippen molar-refractivity contribution in [2.45, 2.75) is 214 Å². The molecular formula is C98H126N16O21. The number of carboxylic acids is 1. The zero-order chi connectivity index (χ0) is 96.2. The number of amides is 8. The molecule has 0 aliphatic carbocycles. The molecule has 10 heterocycles. The first-order valence-electron chi connectivity index (χ1n) is 45.2. The zero-order valence-electron chi connectivity index (χ0n) is 79.2. The molecule has 724 valence electrons. The Bertz CT molecular complexity index is 6020. The van der Waals surface area contributed by atoms with Gasteiger partial charge in [-0.2, -0.15) is 0 Å². The number of hydrogen-bond acceptors (Lipinski definition) is 24. The van der Waals surface area contributed by atoms with E-state index in [4.69, 9.17) is 72.4 Å². The number of nitrogens with one attached hydrogen (secondary N) is 8.